The molecule has 3 nitrogen and oxygen atoms in total. The third-order valence-corrected chi connectivity index (χ3v) is 4.75. The number of methoxy groups -OCH3 is 1. The summed E-state index contributed by atoms with van der Waals surface area (Å²) in [5.41, 5.74) is 3.79. The van der Waals surface area contributed by atoms with E-state index >= 15 is 0 Å². The van der Waals surface area contributed by atoms with Crippen molar-refractivity contribution < 1.29 is 4.74 Å². The molecule has 102 valence electrons. The first-order valence-corrected chi connectivity index (χ1v) is 7.71. The van der Waals surface area contributed by atoms with Crippen LogP contribution in [-0.2, 0) is 6.42 Å². The molecule has 0 amide bonds. The number of nitrogens with one attached hydrogen (secondary N) is 1. The number of hydrogen-bond donors (Lipinski definition) is 2. The molecule has 19 heavy (non-hydrogen) atoms. The molecule has 0 saturated carbocycles. The number of rotatable bonds is 5. The number of halogens is 2. The molecule has 2 aromatic rings. The van der Waals surface area contributed by atoms with Gasteiger partial charge in [-0.3, -0.25) is 11.3 Å². The minimum Gasteiger partial charge on any atom is -0.496 e. The van der Waals surface area contributed by atoms with E-state index in [4.69, 9.17) is 22.2 Å². The molecule has 1 aromatic heterocycles. The third-order valence-electron chi connectivity index (χ3n) is 2.80. The van der Waals surface area contributed by atoms with Crippen molar-refractivity contribution in [2.45, 2.75) is 12.5 Å². The number of benzene rings is 1. The Morgan fingerprint density at radius 2 is 2.26 bits per heavy atom. The lowest BCUT2D eigenvalue weighted by atomic mass is 10.0. The van der Waals surface area contributed by atoms with Gasteiger partial charge in [0.05, 0.1) is 13.2 Å². The molecule has 0 aliphatic heterocycles. The summed E-state index contributed by atoms with van der Waals surface area (Å²) in [6, 6.07) is 7.59. The summed E-state index contributed by atoms with van der Waals surface area (Å²) in [7, 11) is 1.64. The summed E-state index contributed by atoms with van der Waals surface area (Å²) in [5.74, 6) is 6.46. The standard InChI is InChI=1S/C13H14BrClN2OS/c1-18-13-3-2-9(15)5-11(13)12(17-16)6-10-4-8(14)7-19-10/h2-5,7,12,17H,6,16H2,1H3. The van der Waals surface area contributed by atoms with Crippen molar-refractivity contribution in [1.82, 2.24) is 5.43 Å². The Bertz CT molecular complexity index is 561. The van der Waals surface area contributed by atoms with Crippen molar-refractivity contribution in [3.8, 4) is 5.75 Å². The summed E-state index contributed by atoms with van der Waals surface area (Å²) in [5, 5.41) is 2.72. The highest BCUT2D eigenvalue weighted by atomic mass is 79.9. The maximum absolute atomic E-state index is 6.05. The average Bonchev–Trinajstić information content (AvgIpc) is 2.81. The van der Waals surface area contributed by atoms with Gasteiger partial charge in [0.2, 0.25) is 0 Å². The smallest absolute Gasteiger partial charge is 0.123 e. The topological polar surface area (TPSA) is 47.3 Å². The predicted molar refractivity (Wildman–Crippen MR) is 83.8 cm³/mol. The van der Waals surface area contributed by atoms with E-state index in [-0.39, 0.29) is 6.04 Å². The SMILES string of the molecule is COc1ccc(Cl)cc1C(Cc1cc(Br)cs1)NN. The van der Waals surface area contributed by atoms with Crippen LogP contribution in [0.2, 0.25) is 5.02 Å². The molecule has 1 atom stereocenters. The first-order chi connectivity index (χ1) is 9.13. The number of ether oxygens (including phenoxy) is 1. The summed E-state index contributed by atoms with van der Waals surface area (Å²) >= 11 is 11.2. The molecule has 0 spiro atoms. The van der Waals surface area contributed by atoms with Gasteiger partial charge in [-0.1, -0.05) is 11.6 Å². The number of thiophene rings is 1. The van der Waals surface area contributed by atoms with Crippen LogP contribution in [0.25, 0.3) is 0 Å². The minimum atomic E-state index is -0.0424. The predicted octanol–water partition coefficient (Wildman–Crippen LogP) is 3.92. The van der Waals surface area contributed by atoms with Crippen LogP contribution in [-0.4, -0.2) is 7.11 Å². The summed E-state index contributed by atoms with van der Waals surface area (Å²) in [4.78, 5) is 1.23. The van der Waals surface area contributed by atoms with Crippen LogP contribution in [0.1, 0.15) is 16.5 Å². The zero-order valence-electron chi connectivity index (χ0n) is 10.3. The van der Waals surface area contributed by atoms with Crippen LogP contribution in [0.15, 0.2) is 34.1 Å². The third kappa shape index (κ3) is 3.70. The second-order valence-electron chi connectivity index (χ2n) is 4.04. The molecule has 0 radical (unpaired) electrons. The average molecular weight is 362 g/mol. The van der Waals surface area contributed by atoms with E-state index in [0.29, 0.717) is 5.02 Å². The van der Waals surface area contributed by atoms with Crippen molar-refractivity contribution in [2.24, 2.45) is 5.84 Å². The first kappa shape index (κ1) is 14.8. The monoisotopic (exact) mass is 360 g/mol. The molecule has 0 aliphatic rings. The fourth-order valence-corrected chi connectivity index (χ4v) is 3.58. The van der Waals surface area contributed by atoms with Gasteiger partial charge in [0.15, 0.2) is 0 Å². The van der Waals surface area contributed by atoms with E-state index in [9.17, 15) is 0 Å². The van der Waals surface area contributed by atoms with E-state index in [1.54, 1.807) is 24.5 Å². The highest BCUT2D eigenvalue weighted by Gasteiger charge is 2.17. The molecule has 3 N–H and O–H groups in total. The Morgan fingerprint density at radius 1 is 1.47 bits per heavy atom. The van der Waals surface area contributed by atoms with Crippen LogP contribution < -0.4 is 16.0 Å². The molecule has 2 rings (SSSR count). The lowest BCUT2D eigenvalue weighted by Gasteiger charge is -2.18. The van der Waals surface area contributed by atoms with Crippen LogP contribution in [0, 0.1) is 0 Å². The normalized spacial score (nSPS) is 12.4. The molecule has 1 aromatic carbocycles. The van der Waals surface area contributed by atoms with Crippen molar-refractivity contribution in [3.05, 3.63) is 49.6 Å². The second-order valence-corrected chi connectivity index (χ2v) is 6.39. The van der Waals surface area contributed by atoms with Crippen LogP contribution in [0.4, 0.5) is 0 Å². The number of hydrazine groups is 1. The lowest BCUT2D eigenvalue weighted by molar-refractivity contribution is 0.399. The zero-order chi connectivity index (χ0) is 13.8. The van der Waals surface area contributed by atoms with Gasteiger partial charge in [0, 0.05) is 31.7 Å². The van der Waals surface area contributed by atoms with Gasteiger partial charge in [-0.25, -0.2) is 0 Å². The maximum Gasteiger partial charge on any atom is 0.123 e. The lowest BCUT2D eigenvalue weighted by Crippen LogP contribution is -2.29. The highest BCUT2D eigenvalue weighted by molar-refractivity contribution is 9.10. The molecule has 0 bridgehead atoms. The van der Waals surface area contributed by atoms with Gasteiger partial charge in [0.1, 0.15) is 5.75 Å². The summed E-state index contributed by atoms with van der Waals surface area (Å²) in [6.45, 7) is 0. The Hall–Kier alpha value is -0.590. The molecular formula is C13H14BrClN2OS. The van der Waals surface area contributed by atoms with E-state index in [2.05, 4.69) is 32.8 Å². The van der Waals surface area contributed by atoms with Gasteiger partial charge in [-0.2, -0.15) is 0 Å². The Labute approximate surface area is 129 Å². The van der Waals surface area contributed by atoms with Gasteiger partial charge in [-0.05, 0) is 40.2 Å². The molecule has 1 unspecified atom stereocenters. The quantitative estimate of drug-likeness (QED) is 0.627. The minimum absolute atomic E-state index is 0.0424. The van der Waals surface area contributed by atoms with Crippen molar-refractivity contribution in [2.75, 3.05) is 7.11 Å². The Morgan fingerprint density at radius 3 is 2.84 bits per heavy atom. The van der Waals surface area contributed by atoms with Gasteiger partial charge >= 0.3 is 0 Å². The Kier molecular flexibility index (Phi) is 5.24. The number of nitrogens with two attached hydrogens (primary N) is 1. The van der Waals surface area contributed by atoms with Crippen LogP contribution in [0.5, 0.6) is 5.75 Å². The largest absolute Gasteiger partial charge is 0.496 e. The molecular weight excluding hydrogens is 348 g/mol. The van der Waals surface area contributed by atoms with Crippen LogP contribution >= 0.6 is 38.9 Å². The second kappa shape index (κ2) is 6.72. The molecule has 0 aliphatic carbocycles. The fraction of sp³-hybridized carbons (Fsp3) is 0.231. The maximum atomic E-state index is 6.05. The van der Waals surface area contributed by atoms with Gasteiger partial charge in [0.25, 0.3) is 0 Å². The molecule has 6 heteroatoms. The van der Waals surface area contributed by atoms with E-state index in [1.165, 1.54) is 4.88 Å². The van der Waals surface area contributed by atoms with Crippen molar-refractivity contribution in [3.63, 3.8) is 0 Å². The molecule has 0 saturated heterocycles. The van der Waals surface area contributed by atoms with Gasteiger partial charge in [-0.15, -0.1) is 11.3 Å². The van der Waals surface area contributed by atoms with Crippen LogP contribution in [0.3, 0.4) is 0 Å². The first-order valence-electron chi connectivity index (χ1n) is 5.66. The van der Waals surface area contributed by atoms with E-state index in [1.807, 2.05) is 12.1 Å². The van der Waals surface area contributed by atoms with Crippen molar-refractivity contribution >= 4 is 38.9 Å². The van der Waals surface area contributed by atoms with E-state index in [0.717, 1.165) is 22.2 Å². The van der Waals surface area contributed by atoms with Gasteiger partial charge < -0.3 is 4.74 Å². The zero-order valence-corrected chi connectivity index (χ0v) is 13.5. The Balaban J connectivity index is 2.28. The molecule has 1 heterocycles. The number of hydrogen-bond acceptors (Lipinski definition) is 4. The molecule has 0 fully saturated rings. The van der Waals surface area contributed by atoms with E-state index < -0.39 is 0 Å². The highest BCUT2D eigenvalue weighted by Crippen LogP contribution is 2.31. The summed E-state index contributed by atoms with van der Waals surface area (Å²) < 4.78 is 6.45. The fourth-order valence-electron chi connectivity index (χ4n) is 1.90. The summed E-state index contributed by atoms with van der Waals surface area (Å²) in [6.07, 6.45) is 0.781. The van der Waals surface area contributed by atoms with Crippen molar-refractivity contribution in [1.29, 1.82) is 0 Å².